The molecule has 0 unspecified atom stereocenters. The fraction of sp³-hybridized carbons (Fsp3) is 0.182. The van der Waals surface area contributed by atoms with Crippen molar-refractivity contribution in [2.24, 2.45) is 0 Å². The lowest BCUT2D eigenvalue weighted by molar-refractivity contribution is 0.104. The minimum atomic E-state index is -0.0356. The highest BCUT2D eigenvalue weighted by atomic mass is 16.5. The van der Waals surface area contributed by atoms with E-state index in [1.807, 2.05) is 74.5 Å². The van der Waals surface area contributed by atoms with E-state index in [4.69, 9.17) is 4.74 Å². The molecule has 26 heavy (non-hydrogen) atoms. The Morgan fingerprint density at radius 3 is 2.50 bits per heavy atom. The number of rotatable bonds is 7. The van der Waals surface area contributed by atoms with Crippen molar-refractivity contribution in [3.63, 3.8) is 0 Å². The van der Waals surface area contributed by atoms with Crippen LogP contribution in [0.5, 0.6) is 5.75 Å². The number of benzene rings is 2. The zero-order valence-electron chi connectivity index (χ0n) is 15.1. The van der Waals surface area contributed by atoms with Crippen molar-refractivity contribution in [2.45, 2.75) is 27.0 Å². The Kier molecular flexibility index (Phi) is 5.64. The number of hydrogen-bond donors (Lipinski definition) is 0. The molecule has 4 heteroatoms. The van der Waals surface area contributed by atoms with Gasteiger partial charge in [-0.1, -0.05) is 48.5 Å². The Balaban J connectivity index is 1.60. The summed E-state index contributed by atoms with van der Waals surface area (Å²) in [5.74, 6) is 0.768. The summed E-state index contributed by atoms with van der Waals surface area (Å²) in [6.07, 6.45) is 5.19. The second kappa shape index (κ2) is 8.30. The predicted octanol–water partition coefficient (Wildman–Crippen LogP) is 4.69. The van der Waals surface area contributed by atoms with Gasteiger partial charge in [-0.15, -0.1) is 0 Å². The smallest absolute Gasteiger partial charge is 0.189 e. The molecule has 0 N–H and O–H groups in total. The Labute approximate surface area is 153 Å². The lowest BCUT2D eigenvalue weighted by atomic mass is 10.1. The van der Waals surface area contributed by atoms with Crippen LogP contribution < -0.4 is 4.74 Å². The van der Waals surface area contributed by atoms with Gasteiger partial charge in [-0.25, -0.2) is 0 Å². The van der Waals surface area contributed by atoms with Gasteiger partial charge in [0.2, 0.25) is 0 Å². The second-order valence-corrected chi connectivity index (χ2v) is 6.02. The van der Waals surface area contributed by atoms with Gasteiger partial charge in [0.05, 0.1) is 11.3 Å². The van der Waals surface area contributed by atoms with E-state index in [9.17, 15) is 4.79 Å². The third-order valence-corrected chi connectivity index (χ3v) is 4.09. The maximum Gasteiger partial charge on any atom is 0.189 e. The van der Waals surface area contributed by atoms with E-state index in [-0.39, 0.29) is 5.78 Å². The number of carbonyl (C=O) groups excluding carboxylic acids is 1. The summed E-state index contributed by atoms with van der Waals surface area (Å²) < 4.78 is 7.54. The molecule has 0 atom stereocenters. The fourth-order valence-electron chi connectivity index (χ4n) is 2.60. The van der Waals surface area contributed by atoms with E-state index < -0.39 is 0 Å². The van der Waals surface area contributed by atoms with Crippen LogP contribution in [0.3, 0.4) is 0 Å². The molecule has 0 saturated carbocycles. The zero-order valence-corrected chi connectivity index (χ0v) is 15.1. The Bertz CT molecular complexity index is 894. The van der Waals surface area contributed by atoms with Crippen LogP contribution >= 0.6 is 0 Å². The molecule has 0 amide bonds. The lowest BCUT2D eigenvalue weighted by Crippen LogP contribution is -1.95. The number of ketones is 1. The van der Waals surface area contributed by atoms with Crippen LogP contribution in [0.25, 0.3) is 6.08 Å². The quantitative estimate of drug-likeness (QED) is 0.461. The Morgan fingerprint density at radius 2 is 1.85 bits per heavy atom. The van der Waals surface area contributed by atoms with Crippen LogP contribution in [0.1, 0.15) is 34.1 Å². The SMILES string of the molecule is CCn1cc(C(=O)/C=C/c2ccc(OCc3ccccc3)cc2)c(C)n1. The van der Waals surface area contributed by atoms with Gasteiger partial charge in [-0.2, -0.15) is 5.10 Å². The highest BCUT2D eigenvalue weighted by Crippen LogP contribution is 2.16. The molecule has 1 aromatic heterocycles. The Morgan fingerprint density at radius 1 is 1.12 bits per heavy atom. The van der Waals surface area contributed by atoms with Gasteiger partial charge in [-0.05, 0) is 43.2 Å². The van der Waals surface area contributed by atoms with E-state index in [0.29, 0.717) is 12.2 Å². The molecule has 132 valence electrons. The highest BCUT2D eigenvalue weighted by Gasteiger charge is 2.10. The van der Waals surface area contributed by atoms with Crippen molar-refractivity contribution in [3.8, 4) is 5.75 Å². The van der Waals surface area contributed by atoms with Gasteiger partial charge in [0.1, 0.15) is 12.4 Å². The van der Waals surface area contributed by atoms with Crippen LogP contribution in [-0.4, -0.2) is 15.6 Å². The molecule has 1 heterocycles. The van der Waals surface area contributed by atoms with E-state index in [1.54, 1.807) is 17.0 Å². The maximum absolute atomic E-state index is 12.3. The summed E-state index contributed by atoms with van der Waals surface area (Å²) in [4.78, 5) is 12.3. The monoisotopic (exact) mass is 346 g/mol. The second-order valence-electron chi connectivity index (χ2n) is 6.02. The fourth-order valence-corrected chi connectivity index (χ4v) is 2.60. The van der Waals surface area contributed by atoms with Crippen molar-refractivity contribution in [1.29, 1.82) is 0 Å². The summed E-state index contributed by atoms with van der Waals surface area (Å²) in [6.45, 7) is 5.14. The molecule has 0 radical (unpaired) electrons. The minimum Gasteiger partial charge on any atom is -0.489 e. The first-order valence-electron chi connectivity index (χ1n) is 8.69. The first-order chi connectivity index (χ1) is 12.7. The van der Waals surface area contributed by atoms with E-state index >= 15 is 0 Å². The van der Waals surface area contributed by atoms with Crippen molar-refractivity contribution in [2.75, 3.05) is 0 Å². The summed E-state index contributed by atoms with van der Waals surface area (Å²) >= 11 is 0. The number of allylic oxidation sites excluding steroid dienone is 1. The highest BCUT2D eigenvalue weighted by molar-refractivity contribution is 6.07. The van der Waals surface area contributed by atoms with Gasteiger partial charge in [0.15, 0.2) is 5.78 Å². The summed E-state index contributed by atoms with van der Waals surface area (Å²) in [5.41, 5.74) is 3.48. The number of aryl methyl sites for hydroxylation is 2. The molecule has 0 bridgehead atoms. The molecule has 3 rings (SSSR count). The van der Waals surface area contributed by atoms with Gasteiger partial charge in [0, 0.05) is 12.7 Å². The Hall–Kier alpha value is -3.14. The molecule has 3 aromatic rings. The molecule has 0 aliphatic heterocycles. The molecule has 0 aliphatic carbocycles. The molecule has 0 saturated heterocycles. The number of aromatic nitrogens is 2. The van der Waals surface area contributed by atoms with E-state index in [2.05, 4.69) is 5.10 Å². The summed E-state index contributed by atoms with van der Waals surface area (Å²) in [6, 6.07) is 17.7. The minimum absolute atomic E-state index is 0.0356. The predicted molar refractivity (Wildman–Crippen MR) is 103 cm³/mol. The largest absolute Gasteiger partial charge is 0.489 e. The van der Waals surface area contributed by atoms with Crippen molar-refractivity contribution in [1.82, 2.24) is 9.78 Å². The third-order valence-electron chi connectivity index (χ3n) is 4.09. The summed E-state index contributed by atoms with van der Waals surface area (Å²) in [5, 5.41) is 4.31. The average molecular weight is 346 g/mol. The summed E-state index contributed by atoms with van der Waals surface area (Å²) in [7, 11) is 0. The van der Waals surface area contributed by atoms with Crippen LogP contribution in [0.15, 0.2) is 66.9 Å². The van der Waals surface area contributed by atoms with Crippen molar-refractivity contribution < 1.29 is 9.53 Å². The maximum atomic E-state index is 12.3. The lowest BCUT2D eigenvalue weighted by Gasteiger charge is -2.06. The molecule has 4 nitrogen and oxygen atoms in total. The normalized spacial score (nSPS) is 11.0. The van der Waals surface area contributed by atoms with Crippen molar-refractivity contribution in [3.05, 3.63) is 89.3 Å². The first kappa shape index (κ1) is 17.7. The molecule has 2 aromatic carbocycles. The van der Waals surface area contributed by atoms with Gasteiger partial charge in [0.25, 0.3) is 0 Å². The zero-order chi connectivity index (χ0) is 18.4. The van der Waals surface area contributed by atoms with Crippen molar-refractivity contribution >= 4 is 11.9 Å². The molecular weight excluding hydrogens is 324 g/mol. The third kappa shape index (κ3) is 4.48. The topological polar surface area (TPSA) is 44.1 Å². The molecule has 0 spiro atoms. The van der Waals surface area contributed by atoms with Gasteiger partial charge in [-0.3, -0.25) is 9.48 Å². The van der Waals surface area contributed by atoms with Gasteiger partial charge < -0.3 is 4.74 Å². The molecule has 0 fully saturated rings. The van der Waals surface area contributed by atoms with Crippen LogP contribution in [-0.2, 0) is 13.2 Å². The van der Waals surface area contributed by atoms with Crippen LogP contribution in [0.4, 0.5) is 0 Å². The van der Waals surface area contributed by atoms with E-state index in [1.165, 1.54) is 0 Å². The number of carbonyl (C=O) groups is 1. The van der Waals surface area contributed by atoms with E-state index in [0.717, 1.165) is 29.1 Å². The molecule has 0 aliphatic rings. The first-order valence-corrected chi connectivity index (χ1v) is 8.69. The molecular formula is C22H22N2O2. The standard InChI is InChI=1S/C22H22N2O2/c1-3-24-15-21(17(2)23-24)22(25)14-11-18-9-12-20(13-10-18)26-16-19-7-5-4-6-8-19/h4-15H,3,16H2,1-2H3/b14-11+. The average Bonchev–Trinajstić information content (AvgIpc) is 3.07. The van der Waals surface area contributed by atoms with Crippen LogP contribution in [0.2, 0.25) is 0 Å². The number of hydrogen-bond acceptors (Lipinski definition) is 3. The number of ether oxygens (including phenoxy) is 1. The number of nitrogens with zero attached hydrogens (tertiary/aromatic N) is 2. The van der Waals surface area contributed by atoms with Crippen LogP contribution in [0, 0.1) is 6.92 Å². The van der Waals surface area contributed by atoms with Gasteiger partial charge >= 0.3 is 0 Å².